The fourth-order valence-electron chi connectivity index (χ4n) is 3.40. The van der Waals surface area contributed by atoms with E-state index >= 15 is 0 Å². The fraction of sp³-hybridized carbons (Fsp3) is 0. The number of hydrogen-bond acceptors (Lipinski definition) is 6. The molecule has 0 radical (unpaired) electrons. The minimum Gasteiger partial charge on any atom is -0.308 e. The third-order valence-corrected chi connectivity index (χ3v) is 5.02. The molecular weight excluding hydrogens is 470 g/mol. The van der Waals surface area contributed by atoms with Crippen LogP contribution in [0.2, 0.25) is 0 Å². The second-order valence-electron chi connectivity index (χ2n) is 7.70. The van der Waals surface area contributed by atoms with Gasteiger partial charge in [0.2, 0.25) is 11.9 Å². The van der Waals surface area contributed by atoms with Crippen LogP contribution >= 0.6 is 0 Å². The maximum Gasteiger partial charge on any atom is 0.326 e. The van der Waals surface area contributed by atoms with Crippen molar-refractivity contribution in [3.63, 3.8) is 0 Å². The molecule has 4 N–H and O–H groups in total. The molecule has 5 aromatic rings. The number of benzene rings is 3. The molecule has 37 heavy (non-hydrogen) atoms. The van der Waals surface area contributed by atoms with Crippen LogP contribution in [-0.4, -0.2) is 36.8 Å². The Labute approximate surface area is 211 Å². The van der Waals surface area contributed by atoms with Crippen LogP contribution < -0.4 is 21.3 Å². The molecule has 0 saturated carbocycles. The highest BCUT2D eigenvalue weighted by Gasteiger charge is 2.14. The Morgan fingerprint density at radius 2 is 1.22 bits per heavy atom. The topological polar surface area (TPSA) is 139 Å². The van der Waals surface area contributed by atoms with E-state index in [0.717, 1.165) is 5.69 Å². The van der Waals surface area contributed by atoms with Crippen molar-refractivity contribution in [2.45, 2.75) is 0 Å². The lowest BCUT2D eigenvalue weighted by molar-refractivity contribution is 0.261. The normalized spacial score (nSPS) is 10.4. The van der Waals surface area contributed by atoms with Crippen LogP contribution in [0.1, 0.15) is 0 Å². The summed E-state index contributed by atoms with van der Waals surface area (Å²) in [6, 6.07) is 26.0. The van der Waals surface area contributed by atoms with Gasteiger partial charge in [0.15, 0.2) is 5.82 Å². The molecule has 11 nitrogen and oxygen atoms in total. The van der Waals surface area contributed by atoms with Gasteiger partial charge >= 0.3 is 12.1 Å². The Kier molecular flexibility index (Phi) is 6.75. The third kappa shape index (κ3) is 6.11. The molecule has 5 rings (SSSR count). The van der Waals surface area contributed by atoms with E-state index in [1.54, 1.807) is 59.4 Å². The quantitative estimate of drug-likeness (QED) is 0.263. The second-order valence-corrected chi connectivity index (χ2v) is 7.70. The molecule has 11 heteroatoms. The van der Waals surface area contributed by atoms with E-state index in [1.165, 1.54) is 0 Å². The van der Waals surface area contributed by atoms with Gasteiger partial charge in [-0.3, -0.25) is 10.6 Å². The van der Waals surface area contributed by atoms with Gasteiger partial charge in [-0.05, 0) is 42.5 Å². The van der Waals surface area contributed by atoms with Gasteiger partial charge in [-0.1, -0.05) is 48.5 Å². The number of rotatable bonds is 6. The van der Waals surface area contributed by atoms with Crippen LogP contribution in [0.15, 0.2) is 103 Å². The van der Waals surface area contributed by atoms with E-state index in [0.29, 0.717) is 16.9 Å². The number of nitrogens with zero attached hydrogens (tertiary/aromatic N) is 5. The summed E-state index contributed by atoms with van der Waals surface area (Å²) in [5, 5.41) is 14.9. The summed E-state index contributed by atoms with van der Waals surface area (Å²) in [5.41, 5.74) is 2.62. The predicted molar refractivity (Wildman–Crippen MR) is 141 cm³/mol. The highest BCUT2D eigenvalue weighted by Crippen LogP contribution is 2.21. The average Bonchev–Trinajstić information content (AvgIpc) is 3.45. The van der Waals surface area contributed by atoms with Gasteiger partial charge in [0.1, 0.15) is 0 Å². The predicted octanol–water partition coefficient (Wildman–Crippen LogP) is 5.01. The molecule has 4 amide bonds. The summed E-state index contributed by atoms with van der Waals surface area (Å²) in [6.07, 6.45) is 3.49. The van der Waals surface area contributed by atoms with Gasteiger partial charge < -0.3 is 10.6 Å². The van der Waals surface area contributed by atoms with Crippen LogP contribution in [0.25, 0.3) is 17.1 Å². The maximum absolute atomic E-state index is 12.6. The first-order valence-electron chi connectivity index (χ1n) is 11.2. The molecule has 2 aromatic heterocycles. The number of urea groups is 2. The van der Waals surface area contributed by atoms with Crippen molar-refractivity contribution < 1.29 is 9.59 Å². The lowest BCUT2D eigenvalue weighted by atomic mass is 10.2. The Morgan fingerprint density at radius 3 is 1.76 bits per heavy atom. The van der Waals surface area contributed by atoms with Crippen molar-refractivity contribution in [3.05, 3.63) is 103 Å². The van der Waals surface area contributed by atoms with Gasteiger partial charge in [0.05, 0.1) is 5.69 Å². The monoisotopic (exact) mass is 491 g/mol. The standard InChI is InChI=1S/C26H21N9O2/c36-25(28-19-10-3-1-4-11-19)33-23-30-22(18-9-7-14-21(17-18)35-16-8-15-27-35)31-24(32-23)34-26(37)29-20-12-5-2-6-13-20/h1-17H,(H4,28,29,30,31,32,33,34,36,37). The third-order valence-electron chi connectivity index (χ3n) is 5.02. The summed E-state index contributed by atoms with van der Waals surface area (Å²) in [4.78, 5) is 38.2. The van der Waals surface area contributed by atoms with Gasteiger partial charge in [-0.15, -0.1) is 0 Å². The number of para-hydroxylation sites is 2. The first-order chi connectivity index (χ1) is 18.1. The first kappa shape index (κ1) is 23.2. The van der Waals surface area contributed by atoms with Crippen molar-refractivity contribution in [1.82, 2.24) is 24.7 Å². The molecule has 0 saturated heterocycles. The zero-order valence-corrected chi connectivity index (χ0v) is 19.4. The molecule has 0 unspecified atom stereocenters. The van der Waals surface area contributed by atoms with E-state index in [-0.39, 0.29) is 17.7 Å². The average molecular weight is 492 g/mol. The summed E-state index contributed by atoms with van der Waals surface area (Å²) >= 11 is 0. The smallest absolute Gasteiger partial charge is 0.308 e. The Bertz CT molecular complexity index is 1430. The van der Waals surface area contributed by atoms with Gasteiger partial charge in [0.25, 0.3) is 0 Å². The van der Waals surface area contributed by atoms with Gasteiger partial charge in [-0.2, -0.15) is 20.1 Å². The van der Waals surface area contributed by atoms with Crippen LogP contribution in [0, 0.1) is 0 Å². The van der Waals surface area contributed by atoms with Gasteiger partial charge in [-0.25, -0.2) is 14.3 Å². The van der Waals surface area contributed by atoms with Crippen LogP contribution in [0.5, 0.6) is 0 Å². The van der Waals surface area contributed by atoms with E-state index in [4.69, 9.17) is 0 Å². The molecule has 0 aliphatic heterocycles. The number of anilines is 4. The molecule has 182 valence electrons. The van der Waals surface area contributed by atoms with Crippen molar-refractivity contribution in [2.75, 3.05) is 21.3 Å². The van der Waals surface area contributed by atoms with Crippen molar-refractivity contribution >= 4 is 35.3 Å². The van der Waals surface area contributed by atoms with Crippen molar-refractivity contribution in [2.24, 2.45) is 0 Å². The summed E-state index contributed by atoms with van der Waals surface area (Å²) in [7, 11) is 0. The molecular formula is C26H21N9O2. The Balaban J connectivity index is 1.43. The minimum absolute atomic E-state index is 0.0436. The van der Waals surface area contributed by atoms with Gasteiger partial charge in [0, 0.05) is 29.3 Å². The van der Waals surface area contributed by atoms with E-state index in [1.807, 2.05) is 48.7 Å². The summed E-state index contributed by atoms with van der Waals surface area (Å²) < 4.78 is 1.70. The molecule has 0 fully saturated rings. The summed E-state index contributed by atoms with van der Waals surface area (Å²) in [5.74, 6) is 0.157. The molecule has 0 atom stereocenters. The molecule has 0 aliphatic carbocycles. The largest absolute Gasteiger partial charge is 0.326 e. The van der Waals surface area contributed by atoms with Crippen molar-refractivity contribution in [3.8, 4) is 17.1 Å². The zero-order chi connectivity index (χ0) is 25.5. The highest BCUT2D eigenvalue weighted by molar-refractivity contribution is 6.00. The molecule has 0 bridgehead atoms. The molecule has 3 aromatic carbocycles. The molecule has 2 heterocycles. The highest BCUT2D eigenvalue weighted by atomic mass is 16.2. The van der Waals surface area contributed by atoms with E-state index in [2.05, 4.69) is 41.3 Å². The minimum atomic E-state index is -0.548. The molecule has 0 aliphatic rings. The number of carbonyl (C=O) groups is 2. The number of hydrogen-bond donors (Lipinski definition) is 4. The van der Waals surface area contributed by atoms with Crippen LogP contribution in [0.4, 0.5) is 32.9 Å². The Morgan fingerprint density at radius 1 is 0.622 bits per heavy atom. The number of aromatic nitrogens is 5. The van der Waals surface area contributed by atoms with Crippen LogP contribution in [-0.2, 0) is 0 Å². The zero-order valence-electron chi connectivity index (χ0n) is 19.4. The summed E-state index contributed by atoms with van der Waals surface area (Å²) in [6.45, 7) is 0. The first-order valence-corrected chi connectivity index (χ1v) is 11.2. The lowest BCUT2D eigenvalue weighted by Gasteiger charge is -2.11. The molecule has 0 spiro atoms. The Hall–Kier alpha value is -5.58. The van der Waals surface area contributed by atoms with Crippen molar-refractivity contribution in [1.29, 1.82) is 0 Å². The lowest BCUT2D eigenvalue weighted by Crippen LogP contribution is -2.24. The van der Waals surface area contributed by atoms with E-state index < -0.39 is 12.1 Å². The second kappa shape index (κ2) is 10.8. The number of carbonyl (C=O) groups excluding carboxylic acids is 2. The fourth-order valence-corrected chi connectivity index (χ4v) is 3.40. The SMILES string of the molecule is O=C(Nc1ccccc1)Nc1nc(NC(=O)Nc2ccccc2)nc(-c2cccc(-n3cccn3)c2)n1. The van der Waals surface area contributed by atoms with Crippen LogP contribution in [0.3, 0.4) is 0 Å². The maximum atomic E-state index is 12.6. The number of nitrogens with one attached hydrogen (secondary N) is 4. The number of amides is 4. The van der Waals surface area contributed by atoms with E-state index in [9.17, 15) is 9.59 Å².